The summed E-state index contributed by atoms with van der Waals surface area (Å²) in [6, 6.07) is 16.1. The van der Waals surface area contributed by atoms with Crippen LogP contribution < -0.4 is 0 Å². The van der Waals surface area contributed by atoms with Crippen LogP contribution in [0.4, 0.5) is 0 Å². The van der Waals surface area contributed by atoms with E-state index in [-0.39, 0.29) is 0 Å². The van der Waals surface area contributed by atoms with Crippen LogP contribution in [-0.2, 0) is 6.42 Å². The third-order valence-electron chi connectivity index (χ3n) is 2.95. The van der Waals surface area contributed by atoms with Gasteiger partial charge >= 0.3 is 0 Å². The number of nitrogens with zero attached hydrogens (tertiary/aromatic N) is 3. The summed E-state index contributed by atoms with van der Waals surface area (Å²) in [4.78, 5) is 4.34. The molecule has 3 rings (SSSR count). The number of fused-ring (bicyclic) bond motifs is 1. The number of nitriles is 1. The summed E-state index contributed by atoms with van der Waals surface area (Å²) in [6.45, 7) is 0. The molecule has 3 aromatic rings. The van der Waals surface area contributed by atoms with Crippen LogP contribution in [0, 0.1) is 11.3 Å². The van der Waals surface area contributed by atoms with Gasteiger partial charge in [-0.15, -0.1) is 0 Å². The SMILES string of the molecule is N#CCCc1nc(-c2cccc3ccccc23)no1. The molecule has 4 heteroatoms. The Morgan fingerprint density at radius 2 is 1.95 bits per heavy atom. The van der Waals surface area contributed by atoms with Gasteiger partial charge in [0.05, 0.1) is 6.07 Å². The molecule has 0 aliphatic heterocycles. The van der Waals surface area contributed by atoms with E-state index < -0.39 is 0 Å². The van der Waals surface area contributed by atoms with E-state index in [1.165, 1.54) is 0 Å². The molecule has 0 aliphatic carbocycles. The van der Waals surface area contributed by atoms with Gasteiger partial charge in [-0.25, -0.2) is 0 Å². The third kappa shape index (κ3) is 2.18. The Morgan fingerprint density at radius 1 is 1.11 bits per heavy atom. The van der Waals surface area contributed by atoms with Gasteiger partial charge in [-0.1, -0.05) is 47.6 Å². The van der Waals surface area contributed by atoms with Gasteiger partial charge in [0, 0.05) is 18.4 Å². The van der Waals surface area contributed by atoms with E-state index in [0.29, 0.717) is 24.6 Å². The molecule has 1 aromatic heterocycles. The molecule has 2 aromatic carbocycles. The van der Waals surface area contributed by atoms with Crippen LogP contribution in [-0.4, -0.2) is 10.1 Å². The Hall–Kier alpha value is -2.67. The summed E-state index contributed by atoms with van der Waals surface area (Å²) < 4.78 is 5.16. The smallest absolute Gasteiger partial charge is 0.227 e. The first-order valence-electron chi connectivity index (χ1n) is 6.06. The fourth-order valence-electron chi connectivity index (χ4n) is 2.05. The first-order valence-corrected chi connectivity index (χ1v) is 6.06. The van der Waals surface area contributed by atoms with Crippen LogP contribution in [0.5, 0.6) is 0 Å². The van der Waals surface area contributed by atoms with E-state index in [0.717, 1.165) is 16.3 Å². The summed E-state index contributed by atoms with van der Waals surface area (Å²) in [6.07, 6.45) is 0.880. The van der Waals surface area contributed by atoms with Gasteiger partial charge in [-0.2, -0.15) is 10.2 Å². The Morgan fingerprint density at radius 3 is 2.84 bits per heavy atom. The summed E-state index contributed by atoms with van der Waals surface area (Å²) in [5.74, 6) is 1.08. The molecule has 0 fully saturated rings. The highest BCUT2D eigenvalue weighted by Crippen LogP contribution is 2.26. The first kappa shape index (κ1) is 11.4. The van der Waals surface area contributed by atoms with Crippen molar-refractivity contribution in [3.8, 4) is 17.5 Å². The Bertz CT molecular complexity index is 750. The normalized spacial score (nSPS) is 10.5. The maximum Gasteiger partial charge on any atom is 0.227 e. The van der Waals surface area contributed by atoms with Crippen molar-refractivity contribution < 1.29 is 4.52 Å². The number of benzene rings is 2. The minimum absolute atomic E-state index is 0.386. The molecule has 0 amide bonds. The molecule has 4 nitrogen and oxygen atoms in total. The van der Waals surface area contributed by atoms with Crippen LogP contribution >= 0.6 is 0 Å². The standard InChI is InChI=1S/C15H11N3O/c16-10-4-9-14-17-15(18-19-14)13-8-3-6-11-5-1-2-7-12(11)13/h1-3,5-8H,4,9H2. The molecular weight excluding hydrogens is 238 g/mol. The fourth-order valence-corrected chi connectivity index (χ4v) is 2.05. The first-order chi connectivity index (χ1) is 9.38. The molecular formula is C15H11N3O. The molecule has 0 aliphatic rings. The molecule has 0 saturated carbocycles. The Kier molecular flexibility index (Phi) is 2.95. The zero-order valence-corrected chi connectivity index (χ0v) is 10.2. The van der Waals surface area contributed by atoms with E-state index in [1.54, 1.807) is 0 Å². The van der Waals surface area contributed by atoms with E-state index >= 15 is 0 Å². The van der Waals surface area contributed by atoms with Gasteiger partial charge in [0.25, 0.3) is 0 Å². The molecule has 0 spiro atoms. The number of aromatic nitrogens is 2. The van der Waals surface area contributed by atoms with Gasteiger partial charge < -0.3 is 4.52 Å². The highest BCUT2D eigenvalue weighted by atomic mass is 16.5. The van der Waals surface area contributed by atoms with Crippen molar-refractivity contribution in [2.45, 2.75) is 12.8 Å². The lowest BCUT2D eigenvalue weighted by molar-refractivity contribution is 0.380. The lowest BCUT2D eigenvalue weighted by Gasteiger charge is -2.01. The Balaban J connectivity index is 2.05. The molecule has 0 bridgehead atoms. The topological polar surface area (TPSA) is 62.7 Å². The summed E-state index contributed by atoms with van der Waals surface area (Å²) in [7, 11) is 0. The van der Waals surface area contributed by atoms with Crippen molar-refractivity contribution in [1.29, 1.82) is 5.26 Å². The number of hydrogen-bond acceptors (Lipinski definition) is 4. The van der Waals surface area contributed by atoms with Crippen LogP contribution in [0.25, 0.3) is 22.2 Å². The average Bonchev–Trinajstić information content (AvgIpc) is 2.93. The van der Waals surface area contributed by atoms with E-state index in [2.05, 4.69) is 28.3 Å². The predicted molar refractivity (Wildman–Crippen MR) is 71.2 cm³/mol. The average molecular weight is 249 g/mol. The number of hydrogen-bond donors (Lipinski definition) is 0. The second kappa shape index (κ2) is 4.91. The second-order valence-corrected chi connectivity index (χ2v) is 4.20. The summed E-state index contributed by atoms with van der Waals surface area (Å²) in [5, 5.41) is 14.8. The van der Waals surface area contributed by atoms with Crippen molar-refractivity contribution in [2.24, 2.45) is 0 Å². The molecule has 1 heterocycles. The zero-order valence-electron chi connectivity index (χ0n) is 10.2. The van der Waals surface area contributed by atoms with Crippen molar-refractivity contribution >= 4 is 10.8 Å². The van der Waals surface area contributed by atoms with E-state index in [4.69, 9.17) is 9.78 Å². The van der Waals surface area contributed by atoms with E-state index in [9.17, 15) is 0 Å². The maximum absolute atomic E-state index is 8.55. The predicted octanol–water partition coefficient (Wildman–Crippen LogP) is 3.35. The highest BCUT2D eigenvalue weighted by molar-refractivity contribution is 5.94. The van der Waals surface area contributed by atoms with Crippen molar-refractivity contribution in [3.63, 3.8) is 0 Å². The second-order valence-electron chi connectivity index (χ2n) is 4.20. The van der Waals surface area contributed by atoms with Crippen molar-refractivity contribution in [2.75, 3.05) is 0 Å². The van der Waals surface area contributed by atoms with Gasteiger partial charge in [0.1, 0.15) is 0 Å². The van der Waals surface area contributed by atoms with Crippen LogP contribution in [0.1, 0.15) is 12.3 Å². The molecule has 92 valence electrons. The highest BCUT2D eigenvalue weighted by Gasteiger charge is 2.10. The summed E-state index contributed by atoms with van der Waals surface area (Å²) in [5.41, 5.74) is 0.949. The molecule has 0 N–H and O–H groups in total. The van der Waals surface area contributed by atoms with E-state index in [1.807, 2.05) is 30.3 Å². The monoisotopic (exact) mass is 249 g/mol. The summed E-state index contributed by atoms with van der Waals surface area (Å²) >= 11 is 0. The van der Waals surface area contributed by atoms with Crippen molar-refractivity contribution in [1.82, 2.24) is 10.1 Å². The maximum atomic E-state index is 8.55. The van der Waals surface area contributed by atoms with Crippen LogP contribution in [0.2, 0.25) is 0 Å². The van der Waals surface area contributed by atoms with Gasteiger partial charge in [-0.3, -0.25) is 0 Å². The quantitative estimate of drug-likeness (QED) is 0.714. The largest absolute Gasteiger partial charge is 0.339 e. The minimum atomic E-state index is 0.386. The minimum Gasteiger partial charge on any atom is -0.339 e. The lowest BCUT2D eigenvalue weighted by Crippen LogP contribution is -1.85. The van der Waals surface area contributed by atoms with Gasteiger partial charge in [-0.05, 0) is 10.8 Å². The van der Waals surface area contributed by atoms with Gasteiger partial charge in [0.2, 0.25) is 11.7 Å². The van der Waals surface area contributed by atoms with Crippen LogP contribution in [0.15, 0.2) is 47.0 Å². The molecule has 0 atom stereocenters. The fraction of sp³-hybridized carbons (Fsp3) is 0.133. The molecule has 0 unspecified atom stereocenters. The number of aryl methyl sites for hydroxylation is 1. The lowest BCUT2D eigenvalue weighted by atomic mass is 10.0. The molecule has 0 saturated heterocycles. The number of rotatable bonds is 3. The zero-order chi connectivity index (χ0) is 13.1. The van der Waals surface area contributed by atoms with Crippen LogP contribution in [0.3, 0.4) is 0 Å². The van der Waals surface area contributed by atoms with Crippen molar-refractivity contribution in [3.05, 3.63) is 48.4 Å². The third-order valence-corrected chi connectivity index (χ3v) is 2.95. The molecule has 0 radical (unpaired) electrons. The van der Waals surface area contributed by atoms with Gasteiger partial charge in [0.15, 0.2) is 0 Å². The molecule has 19 heavy (non-hydrogen) atoms. The Labute approximate surface area is 110 Å².